The van der Waals surface area contributed by atoms with Crippen molar-refractivity contribution in [1.29, 1.82) is 0 Å². The first-order chi connectivity index (χ1) is 18.7. The molecule has 190 valence electrons. The maximum absolute atomic E-state index is 2.49. The van der Waals surface area contributed by atoms with Crippen LogP contribution in [0.15, 0.2) is 152 Å². The number of hydrogen-bond acceptors (Lipinski definition) is 0. The summed E-state index contributed by atoms with van der Waals surface area (Å²) in [5, 5.41) is 2.94. The van der Waals surface area contributed by atoms with Crippen LogP contribution in [0.4, 0.5) is 0 Å². The summed E-state index contributed by atoms with van der Waals surface area (Å²) in [7, 11) is -0.501. The molecule has 0 bridgehead atoms. The van der Waals surface area contributed by atoms with E-state index in [0.29, 0.717) is 11.6 Å². The first-order valence-electron chi connectivity index (χ1n) is 13.8. The van der Waals surface area contributed by atoms with Gasteiger partial charge in [-0.05, 0) is 59.6 Å². The minimum atomic E-state index is -0.501. The van der Waals surface area contributed by atoms with Gasteiger partial charge in [0.15, 0.2) is 0 Å². The highest BCUT2D eigenvalue weighted by molar-refractivity contribution is 7.73. The van der Waals surface area contributed by atoms with E-state index < -0.39 is 7.92 Å². The summed E-state index contributed by atoms with van der Waals surface area (Å²) in [5.41, 5.74) is 4.40. The molecule has 2 unspecified atom stereocenters. The largest absolute Gasteiger partial charge is 0.0648 e. The van der Waals surface area contributed by atoms with Gasteiger partial charge in [0.1, 0.15) is 0 Å². The van der Waals surface area contributed by atoms with Crippen molar-refractivity contribution in [3.63, 3.8) is 0 Å². The fraction of sp³-hybridized carbons (Fsp3) is 0.189. The van der Waals surface area contributed by atoms with E-state index in [0.717, 1.165) is 12.8 Å². The monoisotopic (exact) mass is 512 g/mol. The van der Waals surface area contributed by atoms with Crippen LogP contribution in [0.25, 0.3) is 0 Å². The molecule has 0 saturated heterocycles. The Morgan fingerprint density at radius 1 is 0.500 bits per heavy atom. The lowest BCUT2D eigenvalue weighted by Gasteiger charge is -2.43. The lowest BCUT2D eigenvalue weighted by atomic mass is 9.61. The fourth-order valence-corrected chi connectivity index (χ4v) is 9.26. The second-order valence-corrected chi connectivity index (χ2v) is 12.6. The Morgan fingerprint density at radius 3 is 1.13 bits per heavy atom. The SMILES string of the molecule is CCC(CC(C)C(c1ccccc1)(c1ccccc1)c1ccccc1)P(c1ccccc1)c1ccccc1. The van der Waals surface area contributed by atoms with Gasteiger partial charge in [0.2, 0.25) is 0 Å². The third-order valence-electron chi connectivity index (χ3n) is 7.96. The Bertz CT molecular complexity index is 1230. The van der Waals surface area contributed by atoms with Crippen LogP contribution in [0.1, 0.15) is 43.4 Å². The standard InChI is InChI=1S/C37H37P/c1-3-34(38(35-25-15-7-16-26-35)36-27-17-8-18-28-36)29-30(2)37(31-19-9-4-10-20-31,32-21-11-5-12-22-32)33-23-13-6-14-24-33/h4-28,30,34H,3,29H2,1-2H3. The predicted molar refractivity (Wildman–Crippen MR) is 166 cm³/mol. The van der Waals surface area contributed by atoms with E-state index in [4.69, 9.17) is 0 Å². The van der Waals surface area contributed by atoms with Crippen molar-refractivity contribution in [2.75, 3.05) is 0 Å². The first kappa shape index (κ1) is 26.1. The van der Waals surface area contributed by atoms with Gasteiger partial charge >= 0.3 is 0 Å². The molecule has 0 saturated carbocycles. The van der Waals surface area contributed by atoms with E-state index in [1.54, 1.807) is 0 Å². The molecule has 1 heteroatoms. The van der Waals surface area contributed by atoms with Crippen molar-refractivity contribution in [3.8, 4) is 0 Å². The molecule has 0 N–H and O–H groups in total. The van der Waals surface area contributed by atoms with Crippen molar-refractivity contribution in [2.24, 2.45) is 5.92 Å². The van der Waals surface area contributed by atoms with Crippen LogP contribution in [-0.4, -0.2) is 5.66 Å². The third kappa shape index (κ3) is 5.24. The number of benzene rings is 5. The normalized spacial score (nSPS) is 13.2. The van der Waals surface area contributed by atoms with E-state index in [2.05, 4.69) is 166 Å². The molecule has 0 fully saturated rings. The van der Waals surface area contributed by atoms with Crippen molar-refractivity contribution < 1.29 is 0 Å². The molecule has 2 atom stereocenters. The lowest BCUT2D eigenvalue weighted by Crippen LogP contribution is -2.38. The topological polar surface area (TPSA) is 0 Å². The van der Waals surface area contributed by atoms with Crippen LogP contribution in [0, 0.1) is 5.92 Å². The Kier molecular flexibility index (Phi) is 8.52. The van der Waals surface area contributed by atoms with Crippen LogP contribution in [0.2, 0.25) is 0 Å². The molecule has 38 heavy (non-hydrogen) atoms. The fourth-order valence-electron chi connectivity index (χ4n) is 6.24. The van der Waals surface area contributed by atoms with Gasteiger partial charge in [-0.25, -0.2) is 0 Å². The Balaban J connectivity index is 1.66. The minimum absolute atomic E-state index is 0.244. The second-order valence-electron chi connectivity index (χ2n) is 10.1. The first-order valence-corrected chi connectivity index (χ1v) is 15.2. The van der Waals surface area contributed by atoms with Gasteiger partial charge in [0.05, 0.1) is 0 Å². The molecule has 0 aliphatic heterocycles. The van der Waals surface area contributed by atoms with E-state index in [1.165, 1.54) is 27.3 Å². The van der Waals surface area contributed by atoms with Gasteiger partial charge in [0.25, 0.3) is 0 Å². The lowest BCUT2D eigenvalue weighted by molar-refractivity contribution is 0.371. The van der Waals surface area contributed by atoms with Gasteiger partial charge in [-0.1, -0.05) is 166 Å². The van der Waals surface area contributed by atoms with Gasteiger partial charge in [-0.2, -0.15) is 0 Å². The minimum Gasteiger partial charge on any atom is -0.0648 e. The van der Waals surface area contributed by atoms with Crippen molar-refractivity contribution >= 4 is 18.5 Å². The molecule has 0 aliphatic carbocycles. The van der Waals surface area contributed by atoms with Gasteiger partial charge < -0.3 is 0 Å². The molecular weight excluding hydrogens is 475 g/mol. The summed E-state index contributed by atoms with van der Waals surface area (Å²) in [6.07, 6.45) is 2.28. The maximum atomic E-state index is 2.49. The average molecular weight is 513 g/mol. The van der Waals surface area contributed by atoms with Crippen LogP contribution < -0.4 is 10.6 Å². The smallest absolute Gasteiger partial charge is 0.0477 e. The Hall–Kier alpha value is -3.47. The van der Waals surface area contributed by atoms with Gasteiger partial charge in [0, 0.05) is 5.41 Å². The van der Waals surface area contributed by atoms with E-state index in [-0.39, 0.29) is 5.41 Å². The Morgan fingerprint density at radius 2 is 0.816 bits per heavy atom. The van der Waals surface area contributed by atoms with Crippen LogP contribution in [0.5, 0.6) is 0 Å². The average Bonchev–Trinajstić information content (AvgIpc) is 3.00. The highest BCUT2D eigenvalue weighted by Gasteiger charge is 2.42. The highest BCUT2D eigenvalue weighted by atomic mass is 31.1. The summed E-state index contributed by atoms with van der Waals surface area (Å²) in [5.74, 6) is 0.372. The molecule has 0 nitrogen and oxygen atoms in total. The molecule has 5 aromatic carbocycles. The summed E-state index contributed by atoms with van der Waals surface area (Å²) in [6.45, 7) is 4.87. The zero-order valence-electron chi connectivity index (χ0n) is 22.4. The van der Waals surface area contributed by atoms with Crippen LogP contribution >= 0.6 is 7.92 Å². The molecule has 0 spiro atoms. The van der Waals surface area contributed by atoms with Crippen LogP contribution in [-0.2, 0) is 5.41 Å². The molecule has 5 rings (SSSR count). The summed E-state index contributed by atoms with van der Waals surface area (Å²) in [4.78, 5) is 0. The Labute approximate surface area is 230 Å². The zero-order valence-corrected chi connectivity index (χ0v) is 23.3. The zero-order chi connectivity index (χ0) is 26.2. The van der Waals surface area contributed by atoms with Gasteiger partial charge in [-0.3, -0.25) is 0 Å². The quantitative estimate of drug-likeness (QED) is 0.129. The van der Waals surface area contributed by atoms with E-state index in [9.17, 15) is 0 Å². The van der Waals surface area contributed by atoms with E-state index in [1.807, 2.05) is 0 Å². The molecule has 0 aliphatic rings. The van der Waals surface area contributed by atoms with Crippen LogP contribution in [0.3, 0.4) is 0 Å². The van der Waals surface area contributed by atoms with Crippen molar-refractivity contribution in [3.05, 3.63) is 168 Å². The molecule has 0 aromatic heterocycles. The molecule has 0 amide bonds. The van der Waals surface area contributed by atoms with Crippen molar-refractivity contribution in [2.45, 2.75) is 37.8 Å². The van der Waals surface area contributed by atoms with Crippen molar-refractivity contribution in [1.82, 2.24) is 0 Å². The number of rotatable bonds is 10. The summed E-state index contributed by atoms with van der Waals surface area (Å²) >= 11 is 0. The number of hydrogen-bond donors (Lipinski definition) is 0. The predicted octanol–water partition coefficient (Wildman–Crippen LogP) is 8.96. The molecular formula is C37H37P. The summed E-state index contributed by atoms with van der Waals surface area (Å²) in [6, 6.07) is 56.0. The van der Waals surface area contributed by atoms with E-state index >= 15 is 0 Å². The summed E-state index contributed by atoms with van der Waals surface area (Å²) < 4.78 is 0. The highest BCUT2D eigenvalue weighted by Crippen LogP contribution is 2.51. The maximum Gasteiger partial charge on any atom is 0.0477 e. The third-order valence-corrected chi connectivity index (χ3v) is 11.0. The molecule has 0 heterocycles. The molecule has 0 radical (unpaired) electrons. The second kappa shape index (κ2) is 12.4. The molecule has 5 aromatic rings. The van der Waals surface area contributed by atoms with Gasteiger partial charge in [-0.15, -0.1) is 0 Å².